The summed E-state index contributed by atoms with van der Waals surface area (Å²) in [6, 6.07) is 42.4. The summed E-state index contributed by atoms with van der Waals surface area (Å²) in [5, 5.41) is 15.5. The van der Waals surface area contributed by atoms with Crippen LogP contribution in [0.2, 0.25) is 0 Å². The minimum Gasteiger partial charge on any atom is -0.512 e. The molecule has 5 heteroatoms. The van der Waals surface area contributed by atoms with E-state index in [9.17, 15) is 9.90 Å². The fraction of sp³-hybridized carbons (Fsp3) is 0.244. The molecule has 1 radical (unpaired) electrons. The van der Waals surface area contributed by atoms with Crippen LogP contribution in [0.4, 0.5) is 0 Å². The van der Waals surface area contributed by atoms with Gasteiger partial charge in [0, 0.05) is 53.5 Å². The van der Waals surface area contributed by atoms with E-state index in [0.29, 0.717) is 5.92 Å². The summed E-state index contributed by atoms with van der Waals surface area (Å²) in [5.41, 5.74) is 7.12. The van der Waals surface area contributed by atoms with E-state index in [0.717, 1.165) is 27.8 Å². The summed E-state index contributed by atoms with van der Waals surface area (Å²) in [6.07, 6.45) is 1.33. The first-order valence-electron chi connectivity index (χ1n) is 17.0. The molecule has 1 N–H and O–H groups in total. The van der Waals surface area contributed by atoms with Gasteiger partial charge in [0.05, 0.1) is 16.6 Å². The number of para-hydroxylation sites is 3. The molecule has 5 aromatic carbocycles. The monoisotopic (exact) mass is 838 g/mol. The number of rotatable bonds is 4. The third-order valence-corrected chi connectivity index (χ3v) is 9.03. The Hall–Kier alpha value is -4.57. The van der Waals surface area contributed by atoms with E-state index in [-0.39, 0.29) is 37.1 Å². The second-order valence-corrected chi connectivity index (χ2v) is 15.1. The van der Waals surface area contributed by atoms with Crippen molar-refractivity contribution in [2.24, 2.45) is 10.8 Å². The first kappa shape index (κ1) is 36.7. The summed E-state index contributed by atoms with van der Waals surface area (Å²) in [4.78, 5) is 16.8. The van der Waals surface area contributed by atoms with Crippen molar-refractivity contribution in [1.82, 2.24) is 9.55 Å². The molecule has 0 bridgehead atoms. The first-order chi connectivity index (χ1) is 23.3. The molecule has 0 amide bonds. The molecule has 50 heavy (non-hydrogen) atoms. The maximum absolute atomic E-state index is 11.5. The molecular weight excluding hydrogens is 793 g/mol. The van der Waals surface area contributed by atoms with Gasteiger partial charge in [-0.15, -0.1) is 29.1 Å². The average Bonchev–Trinajstić information content (AvgIpc) is 3.43. The number of carbonyl (C=O) groups is 1. The van der Waals surface area contributed by atoms with Gasteiger partial charge in [0.15, 0.2) is 5.78 Å². The topological polar surface area (TPSA) is 55.1 Å². The molecule has 7 aromatic rings. The summed E-state index contributed by atoms with van der Waals surface area (Å²) >= 11 is 0. The Kier molecular flexibility index (Phi) is 10.5. The number of nitrogens with zero attached hydrogens (tertiary/aromatic N) is 2. The standard InChI is InChI=1S/C34H25N2.C11H20O2.Ir/c1-22(2)23-19-20-26-24(21-23)11-10-16-27(26)33-32-29-15-7-9-18-31(29)36(25-12-4-3-5-13-25)34(32)28-14-6-8-17-30(28)35-33;1-10(2,3)8(12)7-9(13)11(4,5)6;/h3-15,17-22H,1-2H3;7,12H,1-6H3;/q-1;;/b;8-7-;. The van der Waals surface area contributed by atoms with Crippen molar-refractivity contribution in [1.29, 1.82) is 0 Å². The average molecular weight is 838 g/mol. The summed E-state index contributed by atoms with van der Waals surface area (Å²) in [6.45, 7) is 15.6. The third kappa shape index (κ3) is 7.17. The quantitative estimate of drug-likeness (QED) is 0.109. The van der Waals surface area contributed by atoms with Crippen molar-refractivity contribution in [2.75, 3.05) is 0 Å². The number of ketones is 1. The van der Waals surface area contributed by atoms with E-state index in [1.807, 2.05) is 47.6 Å². The van der Waals surface area contributed by atoms with E-state index in [2.05, 4.69) is 128 Å². The smallest absolute Gasteiger partial charge is 0.164 e. The van der Waals surface area contributed by atoms with Crippen LogP contribution in [0, 0.1) is 16.9 Å². The van der Waals surface area contributed by atoms with Crippen LogP contribution in [0.5, 0.6) is 0 Å². The SMILES string of the molecule is CC(C)(C)C(=O)/C=C(\O)C(C)(C)C.CC(C)c1ccc2c(-c3nc4ccccc4c4c3c3ccccc3n4-c3ccccc3)[c-]ccc2c1.[Ir]. The van der Waals surface area contributed by atoms with Crippen molar-refractivity contribution in [3.8, 4) is 16.9 Å². The second kappa shape index (κ2) is 14.3. The van der Waals surface area contributed by atoms with Gasteiger partial charge in [-0.1, -0.05) is 134 Å². The predicted octanol–water partition coefficient (Wildman–Crippen LogP) is 12.2. The molecule has 4 nitrogen and oxygen atoms in total. The zero-order valence-electron chi connectivity index (χ0n) is 30.1. The maximum atomic E-state index is 11.5. The number of aromatic nitrogens is 2. The molecule has 2 aromatic heterocycles. The fourth-order valence-corrected chi connectivity index (χ4v) is 6.06. The second-order valence-electron chi connectivity index (χ2n) is 15.1. The number of carbonyl (C=O) groups excluding carboxylic acids is 1. The van der Waals surface area contributed by atoms with E-state index in [1.165, 1.54) is 44.2 Å². The van der Waals surface area contributed by atoms with Crippen molar-refractivity contribution >= 4 is 49.3 Å². The van der Waals surface area contributed by atoms with Crippen molar-refractivity contribution < 1.29 is 30.0 Å². The molecule has 2 heterocycles. The number of allylic oxidation sites excluding steroid dienone is 2. The Bertz CT molecular complexity index is 2350. The molecule has 0 saturated carbocycles. The third-order valence-electron chi connectivity index (χ3n) is 9.03. The van der Waals surface area contributed by atoms with Gasteiger partial charge >= 0.3 is 0 Å². The molecule has 0 aliphatic carbocycles. The van der Waals surface area contributed by atoms with Crippen molar-refractivity contribution in [2.45, 2.75) is 61.3 Å². The zero-order chi connectivity index (χ0) is 35.1. The number of benzene rings is 5. The Labute approximate surface area is 309 Å². The largest absolute Gasteiger partial charge is 0.512 e. The molecule has 0 aliphatic rings. The summed E-state index contributed by atoms with van der Waals surface area (Å²) in [7, 11) is 0. The molecule has 0 atom stereocenters. The van der Waals surface area contributed by atoms with Gasteiger partial charge in [0.1, 0.15) is 5.76 Å². The first-order valence-corrected chi connectivity index (χ1v) is 17.0. The van der Waals surface area contributed by atoms with Crippen LogP contribution in [-0.2, 0) is 24.9 Å². The van der Waals surface area contributed by atoms with Crippen molar-refractivity contribution in [3.05, 3.63) is 133 Å². The minimum atomic E-state index is -0.417. The van der Waals surface area contributed by atoms with Gasteiger partial charge in [-0.3, -0.25) is 9.78 Å². The number of hydrogen-bond donors (Lipinski definition) is 1. The van der Waals surface area contributed by atoms with Gasteiger partial charge < -0.3 is 9.67 Å². The van der Waals surface area contributed by atoms with E-state index in [4.69, 9.17) is 4.98 Å². The van der Waals surface area contributed by atoms with Crippen LogP contribution in [0.3, 0.4) is 0 Å². The van der Waals surface area contributed by atoms with Crippen LogP contribution in [0.25, 0.3) is 60.4 Å². The van der Waals surface area contributed by atoms with Crippen molar-refractivity contribution in [3.63, 3.8) is 0 Å². The minimum absolute atomic E-state index is 0. The van der Waals surface area contributed by atoms with Gasteiger partial charge in [0.2, 0.25) is 0 Å². The summed E-state index contributed by atoms with van der Waals surface area (Å²) < 4.78 is 2.39. The van der Waals surface area contributed by atoms with Crippen LogP contribution in [0.1, 0.15) is 66.9 Å². The molecule has 0 unspecified atom stereocenters. The molecule has 0 spiro atoms. The van der Waals surface area contributed by atoms with Crippen LogP contribution >= 0.6 is 0 Å². The van der Waals surface area contributed by atoms with Gasteiger partial charge in [0.25, 0.3) is 0 Å². The Balaban J connectivity index is 0.000000299. The Morgan fingerprint density at radius 1 is 0.780 bits per heavy atom. The molecule has 0 saturated heterocycles. The number of aliphatic hydroxyl groups excluding tert-OH is 1. The van der Waals surface area contributed by atoms with E-state index < -0.39 is 5.41 Å². The molecular formula is C45H45IrN2O2-. The number of aliphatic hydroxyl groups is 1. The predicted molar refractivity (Wildman–Crippen MR) is 207 cm³/mol. The normalized spacial score (nSPS) is 12.3. The van der Waals surface area contributed by atoms with Crippen LogP contribution < -0.4 is 0 Å². The van der Waals surface area contributed by atoms with E-state index >= 15 is 0 Å². The fourth-order valence-electron chi connectivity index (χ4n) is 6.06. The van der Waals surface area contributed by atoms with Crippen LogP contribution in [-0.4, -0.2) is 20.4 Å². The molecule has 0 aliphatic heterocycles. The van der Waals surface area contributed by atoms with E-state index in [1.54, 1.807) is 0 Å². The molecule has 0 fully saturated rings. The number of hydrogen-bond acceptors (Lipinski definition) is 3. The van der Waals surface area contributed by atoms with Gasteiger partial charge in [-0.25, -0.2) is 0 Å². The zero-order valence-corrected chi connectivity index (χ0v) is 32.5. The molecule has 257 valence electrons. The maximum Gasteiger partial charge on any atom is 0.164 e. The number of pyridine rings is 1. The Morgan fingerprint density at radius 2 is 1.42 bits per heavy atom. The van der Waals surface area contributed by atoms with Crippen LogP contribution in [0.15, 0.2) is 121 Å². The van der Waals surface area contributed by atoms with Gasteiger partial charge in [-0.2, -0.15) is 0 Å². The number of fused-ring (bicyclic) bond motifs is 6. The Morgan fingerprint density at radius 3 is 2.08 bits per heavy atom. The summed E-state index contributed by atoms with van der Waals surface area (Å²) in [5.74, 6) is 0.587. The molecule has 7 rings (SSSR count). The van der Waals surface area contributed by atoms with Gasteiger partial charge in [-0.05, 0) is 46.8 Å².